The highest BCUT2D eigenvalue weighted by atomic mass is 35.5. The summed E-state index contributed by atoms with van der Waals surface area (Å²) in [6.07, 6.45) is 3.63. The molecule has 1 fully saturated rings. The van der Waals surface area contributed by atoms with E-state index in [1.54, 1.807) is 6.07 Å². The predicted octanol–water partition coefficient (Wildman–Crippen LogP) is 4.59. The molecule has 2 N–H and O–H groups in total. The van der Waals surface area contributed by atoms with Gasteiger partial charge in [0, 0.05) is 32.6 Å². The van der Waals surface area contributed by atoms with Crippen molar-refractivity contribution in [3.63, 3.8) is 0 Å². The molecule has 0 aliphatic carbocycles. The van der Waals surface area contributed by atoms with Gasteiger partial charge < -0.3 is 10.4 Å². The molecule has 0 aromatic heterocycles. The van der Waals surface area contributed by atoms with Crippen LogP contribution in [0.2, 0.25) is 10.0 Å². The van der Waals surface area contributed by atoms with Crippen molar-refractivity contribution in [1.82, 2.24) is 10.2 Å². The first kappa shape index (κ1) is 22.1. The number of aliphatic hydroxyl groups is 1. The molecule has 1 aliphatic rings. The molecule has 29 heavy (non-hydrogen) atoms. The summed E-state index contributed by atoms with van der Waals surface area (Å²) in [5, 5.41) is 13.7. The number of halogens is 2. The maximum atomic E-state index is 12.1. The van der Waals surface area contributed by atoms with Gasteiger partial charge in [0.25, 0.3) is 0 Å². The Morgan fingerprint density at radius 1 is 1.00 bits per heavy atom. The number of benzene rings is 2. The van der Waals surface area contributed by atoms with Gasteiger partial charge in [0.1, 0.15) is 0 Å². The zero-order valence-corrected chi connectivity index (χ0v) is 18.1. The summed E-state index contributed by atoms with van der Waals surface area (Å²) >= 11 is 11.9. The third-order valence-corrected chi connectivity index (χ3v) is 6.07. The Morgan fingerprint density at radius 3 is 2.34 bits per heavy atom. The number of amides is 1. The maximum Gasteiger partial charge on any atom is 0.220 e. The summed E-state index contributed by atoms with van der Waals surface area (Å²) in [6, 6.07) is 14.0. The number of carbonyl (C=O) groups is 1. The maximum absolute atomic E-state index is 12.1. The molecule has 0 saturated carbocycles. The first-order valence-electron chi connectivity index (χ1n) is 10.2. The Kier molecular flexibility index (Phi) is 8.37. The standard InChI is InChI=1S/C23H28Cl2N2O2/c24-21-9-8-17(14-22(21)25)2-1-3-23(29)26-15-18-4-6-19(7-5-18)16-27-12-10-20(28)11-13-27/h4-9,14,20,28H,1-3,10-13,15-16H2,(H,26,29). The third-order valence-electron chi connectivity index (χ3n) is 5.33. The highest BCUT2D eigenvalue weighted by Crippen LogP contribution is 2.23. The highest BCUT2D eigenvalue weighted by molar-refractivity contribution is 6.42. The van der Waals surface area contributed by atoms with E-state index in [1.807, 2.05) is 12.1 Å². The van der Waals surface area contributed by atoms with Crippen LogP contribution in [0.5, 0.6) is 0 Å². The number of aryl methyl sites for hydroxylation is 1. The summed E-state index contributed by atoms with van der Waals surface area (Å²) < 4.78 is 0. The molecule has 4 nitrogen and oxygen atoms in total. The second-order valence-electron chi connectivity index (χ2n) is 7.70. The Labute approximate surface area is 182 Å². The van der Waals surface area contributed by atoms with Crippen molar-refractivity contribution in [3.8, 4) is 0 Å². The molecule has 0 radical (unpaired) electrons. The average Bonchev–Trinajstić information content (AvgIpc) is 2.72. The average molecular weight is 435 g/mol. The molecule has 6 heteroatoms. The van der Waals surface area contributed by atoms with Crippen LogP contribution in [0.25, 0.3) is 0 Å². The van der Waals surface area contributed by atoms with Gasteiger partial charge in [-0.3, -0.25) is 9.69 Å². The quantitative estimate of drug-likeness (QED) is 0.638. The van der Waals surface area contributed by atoms with Crippen molar-refractivity contribution in [2.24, 2.45) is 0 Å². The molecule has 0 spiro atoms. The number of carbonyl (C=O) groups excluding carboxylic acids is 1. The van der Waals surface area contributed by atoms with Crippen LogP contribution in [-0.2, 0) is 24.3 Å². The minimum atomic E-state index is -0.138. The molecule has 0 bridgehead atoms. The minimum Gasteiger partial charge on any atom is -0.393 e. The van der Waals surface area contributed by atoms with E-state index in [0.29, 0.717) is 23.0 Å². The van der Waals surface area contributed by atoms with Crippen LogP contribution >= 0.6 is 23.2 Å². The van der Waals surface area contributed by atoms with Crippen LogP contribution < -0.4 is 5.32 Å². The van der Waals surface area contributed by atoms with E-state index in [0.717, 1.165) is 56.4 Å². The van der Waals surface area contributed by atoms with Crippen LogP contribution in [-0.4, -0.2) is 35.1 Å². The van der Waals surface area contributed by atoms with Gasteiger partial charge >= 0.3 is 0 Å². The van der Waals surface area contributed by atoms with Crippen LogP contribution in [0.3, 0.4) is 0 Å². The summed E-state index contributed by atoms with van der Waals surface area (Å²) in [4.78, 5) is 14.5. The Bertz CT molecular complexity index is 803. The van der Waals surface area contributed by atoms with Crippen molar-refractivity contribution in [2.75, 3.05) is 13.1 Å². The minimum absolute atomic E-state index is 0.0565. The molecular formula is C23H28Cl2N2O2. The van der Waals surface area contributed by atoms with Gasteiger partial charge in [-0.15, -0.1) is 0 Å². The van der Waals surface area contributed by atoms with E-state index in [2.05, 4.69) is 34.5 Å². The summed E-state index contributed by atoms with van der Waals surface area (Å²) in [5.74, 6) is 0.0565. The molecule has 2 aromatic carbocycles. The number of likely N-dealkylation sites (tertiary alicyclic amines) is 1. The lowest BCUT2D eigenvalue weighted by Crippen LogP contribution is -2.35. The van der Waals surface area contributed by atoms with Gasteiger partial charge in [-0.25, -0.2) is 0 Å². The zero-order chi connectivity index (χ0) is 20.6. The number of nitrogens with one attached hydrogen (secondary N) is 1. The van der Waals surface area contributed by atoms with Crippen molar-refractivity contribution < 1.29 is 9.90 Å². The molecular weight excluding hydrogens is 407 g/mol. The van der Waals surface area contributed by atoms with Crippen molar-refractivity contribution in [1.29, 1.82) is 0 Å². The molecule has 1 heterocycles. The lowest BCUT2D eigenvalue weighted by molar-refractivity contribution is -0.121. The van der Waals surface area contributed by atoms with Gasteiger partial charge in [0.15, 0.2) is 0 Å². The van der Waals surface area contributed by atoms with Gasteiger partial charge in [-0.2, -0.15) is 0 Å². The first-order valence-corrected chi connectivity index (χ1v) is 10.9. The second kappa shape index (κ2) is 11.0. The van der Waals surface area contributed by atoms with Crippen LogP contribution in [0.15, 0.2) is 42.5 Å². The number of hydrogen-bond donors (Lipinski definition) is 2. The molecule has 156 valence electrons. The molecule has 0 atom stereocenters. The summed E-state index contributed by atoms with van der Waals surface area (Å²) in [5.41, 5.74) is 3.45. The van der Waals surface area contributed by atoms with Crippen molar-refractivity contribution in [3.05, 3.63) is 69.2 Å². The zero-order valence-electron chi connectivity index (χ0n) is 16.5. The SMILES string of the molecule is O=C(CCCc1ccc(Cl)c(Cl)c1)NCc1ccc(CN2CCC(O)CC2)cc1. The van der Waals surface area contributed by atoms with Crippen molar-refractivity contribution in [2.45, 2.75) is 51.3 Å². The summed E-state index contributed by atoms with van der Waals surface area (Å²) in [7, 11) is 0. The predicted molar refractivity (Wildman–Crippen MR) is 118 cm³/mol. The van der Waals surface area contributed by atoms with Gasteiger partial charge in [-0.05, 0) is 54.5 Å². The largest absolute Gasteiger partial charge is 0.393 e. The Balaban J connectivity index is 1.35. The van der Waals surface area contributed by atoms with E-state index in [9.17, 15) is 9.90 Å². The fourth-order valence-corrected chi connectivity index (χ4v) is 3.86. The van der Waals surface area contributed by atoms with E-state index in [4.69, 9.17) is 23.2 Å². The van der Waals surface area contributed by atoms with E-state index in [-0.39, 0.29) is 12.0 Å². The highest BCUT2D eigenvalue weighted by Gasteiger charge is 2.16. The lowest BCUT2D eigenvalue weighted by atomic mass is 10.1. The van der Waals surface area contributed by atoms with Crippen LogP contribution in [0, 0.1) is 0 Å². The normalized spacial score (nSPS) is 15.4. The van der Waals surface area contributed by atoms with Crippen molar-refractivity contribution >= 4 is 29.1 Å². The first-order chi connectivity index (χ1) is 14.0. The monoisotopic (exact) mass is 434 g/mol. The number of piperidine rings is 1. The third kappa shape index (κ3) is 7.31. The lowest BCUT2D eigenvalue weighted by Gasteiger charge is -2.29. The molecule has 1 amide bonds. The number of hydrogen-bond acceptors (Lipinski definition) is 3. The molecule has 0 unspecified atom stereocenters. The van der Waals surface area contributed by atoms with Gasteiger partial charge in [0.2, 0.25) is 5.91 Å². The fourth-order valence-electron chi connectivity index (χ4n) is 3.54. The fraction of sp³-hybridized carbons (Fsp3) is 0.435. The smallest absolute Gasteiger partial charge is 0.220 e. The Hall–Kier alpha value is -1.59. The Morgan fingerprint density at radius 2 is 1.66 bits per heavy atom. The van der Waals surface area contributed by atoms with Gasteiger partial charge in [-0.1, -0.05) is 53.5 Å². The van der Waals surface area contributed by atoms with E-state index < -0.39 is 0 Å². The molecule has 2 aromatic rings. The topological polar surface area (TPSA) is 52.6 Å². The summed E-state index contributed by atoms with van der Waals surface area (Å²) in [6.45, 7) is 3.35. The second-order valence-corrected chi connectivity index (χ2v) is 8.52. The number of aliphatic hydroxyl groups excluding tert-OH is 1. The number of nitrogens with zero attached hydrogens (tertiary/aromatic N) is 1. The van der Waals surface area contributed by atoms with E-state index >= 15 is 0 Å². The van der Waals surface area contributed by atoms with Crippen LogP contribution in [0.1, 0.15) is 42.4 Å². The van der Waals surface area contributed by atoms with Crippen LogP contribution in [0.4, 0.5) is 0 Å². The number of rotatable bonds is 8. The van der Waals surface area contributed by atoms with Gasteiger partial charge in [0.05, 0.1) is 16.1 Å². The molecule has 1 saturated heterocycles. The molecule has 1 aliphatic heterocycles. The van der Waals surface area contributed by atoms with E-state index in [1.165, 1.54) is 5.56 Å². The molecule has 3 rings (SSSR count).